The lowest BCUT2D eigenvalue weighted by Gasteiger charge is -1.99. The number of nitrogens with zero attached hydrogens (tertiary/aromatic N) is 2. The van der Waals surface area contributed by atoms with E-state index in [1.54, 1.807) is 18.5 Å². The molecule has 1 N–H and O–H groups in total. The van der Waals surface area contributed by atoms with Gasteiger partial charge in [0.05, 0.1) is 0 Å². The Morgan fingerprint density at radius 1 is 1.14 bits per heavy atom. The lowest BCUT2D eigenvalue weighted by atomic mass is 10.1. The van der Waals surface area contributed by atoms with Crippen LogP contribution in [0.3, 0.4) is 0 Å². The molecule has 0 fully saturated rings. The van der Waals surface area contributed by atoms with Crippen molar-refractivity contribution in [3.8, 4) is 0 Å². The van der Waals surface area contributed by atoms with Gasteiger partial charge in [-0.2, -0.15) is 0 Å². The number of nitrogens with one attached hydrogen (secondary N) is 1. The molecule has 4 nitrogen and oxygen atoms in total. The van der Waals surface area contributed by atoms with Crippen molar-refractivity contribution in [2.45, 2.75) is 6.42 Å². The number of pyridine rings is 1. The van der Waals surface area contributed by atoms with Gasteiger partial charge in [-0.25, -0.2) is 9.78 Å². The molecular formula is C10H9N3O. The molecule has 0 aliphatic carbocycles. The maximum absolute atomic E-state index is 10.9. The van der Waals surface area contributed by atoms with Crippen molar-refractivity contribution in [3.63, 3.8) is 0 Å². The van der Waals surface area contributed by atoms with Gasteiger partial charge in [-0.15, -0.1) is 0 Å². The normalized spacial score (nSPS) is 10.0. The third-order valence-corrected chi connectivity index (χ3v) is 1.88. The number of aromatic amines is 1. The predicted molar refractivity (Wildman–Crippen MR) is 51.9 cm³/mol. The van der Waals surface area contributed by atoms with E-state index in [0.717, 1.165) is 11.3 Å². The minimum absolute atomic E-state index is 0.309. The van der Waals surface area contributed by atoms with Crippen molar-refractivity contribution in [1.82, 2.24) is 15.0 Å². The molecule has 0 saturated heterocycles. The molecule has 0 aliphatic heterocycles. The van der Waals surface area contributed by atoms with Crippen LogP contribution in [0, 0.1) is 0 Å². The van der Waals surface area contributed by atoms with Crippen LogP contribution in [0.4, 0.5) is 0 Å². The monoisotopic (exact) mass is 187 g/mol. The highest BCUT2D eigenvalue weighted by atomic mass is 16.1. The standard InChI is InChI=1S/C10H9N3O/c14-10-12-6-3-9(13-10)7-8-1-4-11-5-2-8/h1-6H,7H2,(H,12,13,14). The molecule has 70 valence electrons. The zero-order chi connectivity index (χ0) is 9.80. The minimum atomic E-state index is -0.309. The number of aromatic nitrogens is 3. The van der Waals surface area contributed by atoms with Crippen molar-refractivity contribution >= 4 is 0 Å². The molecular weight excluding hydrogens is 178 g/mol. The van der Waals surface area contributed by atoms with Crippen LogP contribution in [-0.2, 0) is 6.42 Å². The summed E-state index contributed by atoms with van der Waals surface area (Å²) in [5.74, 6) is 0. The smallest absolute Gasteiger partial charge is 0.309 e. The van der Waals surface area contributed by atoms with Crippen LogP contribution in [0.2, 0.25) is 0 Å². The van der Waals surface area contributed by atoms with Gasteiger partial charge in [0.2, 0.25) is 0 Å². The molecule has 0 bridgehead atoms. The fraction of sp³-hybridized carbons (Fsp3) is 0.100. The zero-order valence-electron chi connectivity index (χ0n) is 7.47. The number of hydrogen-bond donors (Lipinski definition) is 1. The van der Waals surface area contributed by atoms with Crippen molar-refractivity contribution in [1.29, 1.82) is 0 Å². The maximum atomic E-state index is 10.9. The summed E-state index contributed by atoms with van der Waals surface area (Å²) in [5.41, 5.74) is 1.66. The highest BCUT2D eigenvalue weighted by Crippen LogP contribution is 2.02. The van der Waals surface area contributed by atoms with Gasteiger partial charge in [0.25, 0.3) is 0 Å². The summed E-state index contributed by atoms with van der Waals surface area (Å²) in [5, 5.41) is 0. The summed E-state index contributed by atoms with van der Waals surface area (Å²) < 4.78 is 0. The Morgan fingerprint density at radius 3 is 2.64 bits per heavy atom. The van der Waals surface area contributed by atoms with Gasteiger partial charge in [-0.05, 0) is 23.8 Å². The SMILES string of the molecule is O=c1nccc(Cc2ccncc2)[nH]1. The van der Waals surface area contributed by atoms with E-state index in [1.165, 1.54) is 6.20 Å². The highest BCUT2D eigenvalue weighted by Gasteiger charge is 1.95. The fourth-order valence-electron chi connectivity index (χ4n) is 1.23. The second-order valence-electron chi connectivity index (χ2n) is 2.93. The van der Waals surface area contributed by atoms with Gasteiger partial charge in [0, 0.05) is 30.7 Å². The second-order valence-corrected chi connectivity index (χ2v) is 2.93. The van der Waals surface area contributed by atoms with Crippen LogP contribution in [0.5, 0.6) is 0 Å². The first-order valence-electron chi connectivity index (χ1n) is 4.28. The molecule has 0 amide bonds. The van der Waals surface area contributed by atoms with E-state index >= 15 is 0 Å². The Bertz CT molecular complexity index is 464. The Balaban J connectivity index is 2.24. The quantitative estimate of drug-likeness (QED) is 0.754. The van der Waals surface area contributed by atoms with Crippen molar-refractivity contribution in [2.75, 3.05) is 0 Å². The summed E-state index contributed by atoms with van der Waals surface area (Å²) in [4.78, 5) is 21.0. The predicted octanol–water partition coefficient (Wildman–Crippen LogP) is 0.756. The molecule has 0 saturated carbocycles. The maximum Gasteiger partial charge on any atom is 0.345 e. The first-order chi connectivity index (χ1) is 6.84. The van der Waals surface area contributed by atoms with Crippen LogP contribution in [0.25, 0.3) is 0 Å². The molecule has 0 aromatic carbocycles. The molecule has 0 spiro atoms. The first kappa shape index (κ1) is 8.62. The van der Waals surface area contributed by atoms with Crippen LogP contribution >= 0.6 is 0 Å². The number of H-pyrrole nitrogens is 1. The van der Waals surface area contributed by atoms with Crippen LogP contribution in [0.1, 0.15) is 11.3 Å². The molecule has 0 atom stereocenters. The summed E-state index contributed by atoms with van der Waals surface area (Å²) in [6.45, 7) is 0. The molecule has 0 radical (unpaired) electrons. The van der Waals surface area contributed by atoms with E-state index in [1.807, 2.05) is 12.1 Å². The first-order valence-corrected chi connectivity index (χ1v) is 4.28. The topological polar surface area (TPSA) is 58.6 Å². The summed E-state index contributed by atoms with van der Waals surface area (Å²) in [7, 11) is 0. The van der Waals surface area contributed by atoms with E-state index in [2.05, 4.69) is 15.0 Å². The Labute approximate surface area is 80.7 Å². The Hall–Kier alpha value is -1.97. The van der Waals surface area contributed by atoms with Crippen molar-refractivity contribution in [3.05, 3.63) is 58.5 Å². The highest BCUT2D eigenvalue weighted by molar-refractivity contribution is 5.17. The largest absolute Gasteiger partial charge is 0.345 e. The van der Waals surface area contributed by atoms with Gasteiger partial charge >= 0.3 is 5.69 Å². The van der Waals surface area contributed by atoms with Gasteiger partial charge in [0.15, 0.2) is 0 Å². The Morgan fingerprint density at radius 2 is 1.93 bits per heavy atom. The average Bonchev–Trinajstić information content (AvgIpc) is 2.19. The van der Waals surface area contributed by atoms with E-state index < -0.39 is 0 Å². The molecule has 4 heteroatoms. The van der Waals surface area contributed by atoms with Crippen LogP contribution in [-0.4, -0.2) is 15.0 Å². The van der Waals surface area contributed by atoms with Crippen molar-refractivity contribution < 1.29 is 0 Å². The van der Waals surface area contributed by atoms with Gasteiger partial charge < -0.3 is 4.98 Å². The van der Waals surface area contributed by atoms with Crippen LogP contribution in [0.15, 0.2) is 41.6 Å². The van der Waals surface area contributed by atoms with E-state index in [0.29, 0.717) is 6.42 Å². The summed E-state index contributed by atoms with van der Waals surface area (Å²) in [6.07, 6.45) is 5.67. The summed E-state index contributed by atoms with van der Waals surface area (Å²) in [6, 6.07) is 5.62. The molecule has 0 unspecified atom stereocenters. The van der Waals surface area contributed by atoms with Gasteiger partial charge in [-0.1, -0.05) is 0 Å². The van der Waals surface area contributed by atoms with E-state index in [4.69, 9.17) is 0 Å². The minimum Gasteiger partial charge on any atom is -0.309 e. The lowest BCUT2D eigenvalue weighted by molar-refractivity contribution is 0.975. The Kier molecular flexibility index (Phi) is 2.36. The molecule has 2 aromatic heterocycles. The molecule has 0 aliphatic rings. The number of hydrogen-bond acceptors (Lipinski definition) is 3. The lowest BCUT2D eigenvalue weighted by Crippen LogP contribution is -2.11. The van der Waals surface area contributed by atoms with Crippen molar-refractivity contribution in [2.24, 2.45) is 0 Å². The average molecular weight is 187 g/mol. The van der Waals surface area contributed by atoms with Gasteiger partial charge in [-0.3, -0.25) is 4.98 Å². The second kappa shape index (κ2) is 3.83. The third kappa shape index (κ3) is 2.04. The fourth-order valence-corrected chi connectivity index (χ4v) is 1.23. The number of rotatable bonds is 2. The molecule has 2 aromatic rings. The van der Waals surface area contributed by atoms with E-state index in [-0.39, 0.29) is 5.69 Å². The third-order valence-electron chi connectivity index (χ3n) is 1.88. The van der Waals surface area contributed by atoms with Gasteiger partial charge in [0.1, 0.15) is 0 Å². The molecule has 14 heavy (non-hydrogen) atoms. The molecule has 2 heterocycles. The zero-order valence-corrected chi connectivity index (χ0v) is 7.47. The summed E-state index contributed by atoms with van der Waals surface area (Å²) >= 11 is 0. The van der Waals surface area contributed by atoms with Crippen LogP contribution < -0.4 is 5.69 Å². The van der Waals surface area contributed by atoms with E-state index in [9.17, 15) is 4.79 Å². The molecule has 2 rings (SSSR count).